The Morgan fingerprint density at radius 2 is 1.75 bits per heavy atom. The van der Waals surface area contributed by atoms with Gasteiger partial charge >= 0.3 is 0 Å². The summed E-state index contributed by atoms with van der Waals surface area (Å²) in [5.41, 5.74) is 0. The van der Waals surface area contributed by atoms with Gasteiger partial charge in [-0.1, -0.05) is 0 Å². The summed E-state index contributed by atoms with van der Waals surface area (Å²) in [6, 6.07) is 0. The van der Waals surface area contributed by atoms with Crippen molar-refractivity contribution in [2.75, 3.05) is 6.61 Å². The fourth-order valence-corrected chi connectivity index (χ4v) is 0.187. The number of aliphatic hydroxyl groups is 2. The largest absolute Gasteiger partial charge is 0.396 e. The van der Waals surface area contributed by atoms with Gasteiger partial charge in [0, 0.05) is 65.7 Å². The molecule has 0 bridgehead atoms. The molecule has 1 atom stereocenters. The average molecular weight is 136 g/mol. The number of rotatable bonds is 2. The summed E-state index contributed by atoms with van der Waals surface area (Å²) in [5, 5.41) is 16.5. The maximum atomic E-state index is 8.39. The smallest absolute Gasteiger partial charge is 0.0533 e. The third kappa shape index (κ3) is 15.7. The third-order valence-corrected chi connectivity index (χ3v) is 0.547. The van der Waals surface area contributed by atoms with Crippen molar-refractivity contribution >= 4 is 59.1 Å². The second-order valence-electron chi connectivity index (χ2n) is 1.36. The fourth-order valence-electron chi connectivity index (χ4n) is 0.187. The molecule has 40 valence electrons. The Balaban J connectivity index is -0.000000125. The Labute approximate surface area is 94.2 Å². The summed E-state index contributed by atoms with van der Waals surface area (Å²) in [7, 11) is 0. The van der Waals surface area contributed by atoms with Crippen molar-refractivity contribution in [3.63, 3.8) is 0 Å². The van der Waals surface area contributed by atoms with Gasteiger partial charge < -0.3 is 10.2 Å². The molecule has 0 rings (SSSR count). The summed E-state index contributed by atoms with van der Waals surface area (Å²) in [6.07, 6.45) is 0.134. The molecule has 0 aromatic carbocycles. The van der Waals surface area contributed by atoms with Crippen LogP contribution in [0.5, 0.6) is 0 Å². The average Bonchev–Trinajstić information content (AvgIpc) is 1.35. The minimum atomic E-state index is -0.352. The molecule has 0 spiro atoms. The van der Waals surface area contributed by atoms with Crippen LogP contribution in [0.4, 0.5) is 0 Å². The van der Waals surface area contributed by atoms with Crippen LogP contribution in [0.2, 0.25) is 0 Å². The summed E-state index contributed by atoms with van der Waals surface area (Å²) in [5.74, 6) is 0. The SMILES string of the molecule is CC(O)CCO.[Na].[Na]. The summed E-state index contributed by atoms with van der Waals surface area (Å²) in [6.45, 7) is 1.73. The van der Waals surface area contributed by atoms with Crippen LogP contribution in [-0.2, 0) is 0 Å². The standard InChI is InChI=1S/C4H10O2.2Na/c1-4(6)2-3-5;;/h4-6H,2-3H2,1H3;;. The maximum Gasteiger partial charge on any atom is 0.0533 e. The third-order valence-electron chi connectivity index (χ3n) is 0.547. The fraction of sp³-hybridized carbons (Fsp3) is 1.00. The topological polar surface area (TPSA) is 40.5 Å². The van der Waals surface area contributed by atoms with Crippen molar-refractivity contribution in [1.29, 1.82) is 0 Å². The van der Waals surface area contributed by atoms with Crippen LogP contribution in [0.1, 0.15) is 13.3 Å². The molecule has 0 fully saturated rings. The summed E-state index contributed by atoms with van der Waals surface area (Å²) in [4.78, 5) is 0. The Morgan fingerprint density at radius 1 is 1.38 bits per heavy atom. The van der Waals surface area contributed by atoms with Gasteiger partial charge in [0.25, 0.3) is 0 Å². The molecule has 2 radical (unpaired) electrons. The van der Waals surface area contributed by atoms with Gasteiger partial charge in [-0.3, -0.25) is 0 Å². The van der Waals surface area contributed by atoms with E-state index < -0.39 is 0 Å². The van der Waals surface area contributed by atoms with Gasteiger partial charge in [0.15, 0.2) is 0 Å². The Kier molecular flexibility index (Phi) is 24.1. The van der Waals surface area contributed by atoms with Crippen molar-refractivity contribution in [2.24, 2.45) is 0 Å². The van der Waals surface area contributed by atoms with Crippen LogP contribution in [0.3, 0.4) is 0 Å². The first-order valence-electron chi connectivity index (χ1n) is 2.06. The Hall–Kier alpha value is 1.92. The molecule has 0 aromatic rings. The molecule has 0 amide bonds. The van der Waals surface area contributed by atoms with E-state index in [-0.39, 0.29) is 71.8 Å². The Morgan fingerprint density at radius 3 is 1.75 bits per heavy atom. The van der Waals surface area contributed by atoms with Gasteiger partial charge in [-0.15, -0.1) is 0 Å². The van der Waals surface area contributed by atoms with Gasteiger partial charge in [-0.2, -0.15) is 0 Å². The normalized spacial score (nSPS) is 10.9. The minimum Gasteiger partial charge on any atom is -0.396 e. The predicted octanol–water partition coefficient (Wildman–Crippen LogP) is -1.01. The maximum absolute atomic E-state index is 8.39. The second kappa shape index (κ2) is 11.7. The van der Waals surface area contributed by atoms with Crippen molar-refractivity contribution in [2.45, 2.75) is 19.4 Å². The predicted molar refractivity (Wildman–Crippen MR) is 34.9 cm³/mol. The van der Waals surface area contributed by atoms with Crippen LogP contribution in [0.25, 0.3) is 0 Å². The minimum absolute atomic E-state index is 0. The van der Waals surface area contributed by atoms with Crippen LogP contribution in [-0.4, -0.2) is 82.0 Å². The van der Waals surface area contributed by atoms with Crippen LogP contribution < -0.4 is 0 Å². The second-order valence-corrected chi connectivity index (χ2v) is 1.36. The van der Waals surface area contributed by atoms with E-state index in [1.807, 2.05) is 0 Å². The summed E-state index contributed by atoms with van der Waals surface area (Å²) >= 11 is 0. The van der Waals surface area contributed by atoms with E-state index >= 15 is 0 Å². The molecular formula is C4H10Na2O2. The molecule has 2 N–H and O–H groups in total. The molecule has 0 aliphatic heterocycles. The van der Waals surface area contributed by atoms with Gasteiger partial charge in [0.05, 0.1) is 6.10 Å². The van der Waals surface area contributed by atoms with E-state index in [9.17, 15) is 0 Å². The molecule has 1 unspecified atom stereocenters. The van der Waals surface area contributed by atoms with Crippen molar-refractivity contribution in [3.05, 3.63) is 0 Å². The molecule has 0 aliphatic rings. The van der Waals surface area contributed by atoms with Gasteiger partial charge in [-0.05, 0) is 13.3 Å². The molecule has 0 saturated carbocycles. The van der Waals surface area contributed by atoms with Gasteiger partial charge in [0.1, 0.15) is 0 Å². The van der Waals surface area contributed by atoms with Gasteiger partial charge in [0.2, 0.25) is 0 Å². The van der Waals surface area contributed by atoms with Crippen LogP contribution in [0, 0.1) is 0 Å². The van der Waals surface area contributed by atoms with Crippen LogP contribution >= 0.6 is 0 Å². The number of hydrogen-bond acceptors (Lipinski definition) is 2. The van der Waals surface area contributed by atoms with Crippen molar-refractivity contribution in [3.8, 4) is 0 Å². The van der Waals surface area contributed by atoms with Gasteiger partial charge in [-0.25, -0.2) is 0 Å². The van der Waals surface area contributed by atoms with E-state index in [1.165, 1.54) is 0 Å². The molecule has 8 heavy (non-hydrogen) atoms. The van der Waals surface area contributed by atoms with E-state index in [0.29, 0.717) is 6.42 Å². The zero-order chi connectivity index (χ0) is 4.99. The van der Waals surface area contributed by atoms with E-state index in [0.717, 1.165) is 0 Å². The Bertz CT molecular complexity index is 33.2. The number of hydrogen-bond donors (Lipinski definition) is 2. The molecule has 0 aliphatic carbocycles. The van der Waals surface area contributed by atoms with E-state index in [1.54, 1.807) is 6.92 Å². The first-order chi connectivity index (χ1) is 2.77. The van der Waals surface area contributed by atoms with Crippen molar-refractivity contribution < 1.29 is 10.2 Å². The van der Waals surface area contributed by atoms with Crippen LogP contribution in [0.15, 0.2) is 0 Å². The molecule has 2 nitrogen and oxygen atoms in total. The monoisotopic (exact) mass is 136 g/mol. The van der Waals surface area contributed by atoms with E-state index in [4.69, 9.17) is 10.2 Å². The zero-order valence-corrected chi connectivity index (χ0v) is 9.89. The first kappa shape index (κ1) is 16.5. The van der Waals surface area contributed by atoms with E-state index in [2.05, 4.69) is 0 Å². The summed E-state index contributed by atoms with van der Waals surface area (Å²) < 4.78 is 0. The molecule has 0 aromatic heterocycles. The zero-order valence-electron chi connectivity index (χ0n) is 5.89. The van der Waals surface area contributed by atoms with Crippen molar-refractivity contribution in [1.82, 2.24) is 0 Å². The molecule has 4 heteroatoms. The number of aliphatic hydroxyl groups excluding tert-OH is 2. The first-order valence-corrected chi connectivity index (χ1v) is 2.06. The molecular weight excluding hydrogens is 126 g/mol. The molecule has 0 saturated heterocycles. The quantitative estimate of drug-likeness (QED) is 0.477. The molecule has 0 heterocycles.